The zero-order valence-electron chi connectivity index (χ0n) is 16.5. The van der Waals surface area contributed by atoms with Crippen LogP contribution in [-0.2, 0) is 4.79 Å². The van der Waals surface area contributed by atoms with E-state index in [-0.39, 0.29) is 22.6 Å². The molecule has 5 heteroatoms. The highest BCUT2D eigenvalue weighted by molar-refractivity contribution is 5.94. The van der Waals surface area contributed by atoms with Crippen molar-refractivity contribution in [1.29, 1.82) is 0 Å². The van der Waals surface area contributed by atoms with Gasteiger partial charge in [0.25, 0.3) is 5.91 Å². The predicted octanol–water partition coefficient (Wildman–Crippen LogP) is 2.39. The average Bonchev–Trinajstić information content (AvgIpc) is 3.17. The molecule has 5 nitrogen and oxygen atoms in total. The predicted molar refractivity (Wildman–Crippen MR) is 105 cm³/mol. The van der Waals surface area contributed by atoms with Gasteiger partial charge in [-0.2, -0.15) is 0 Å². The number of piperidine rings is 1. The lowest BCUT2D eigenvalue weighted by Gasteiger charge is -2.46. The lowest BCUT2D eigenvalue weighted by molar-refractivity contribution is -0.133. The Morgan fingerprint density at radius 2 is 1.81 bits per heavy atom. The van der Waals surface area contributed by atoms with Gasteiger partial charge in [-0.1, -0.05) is 32.0 Å². The SMILES string of the molecule is CC(C)CN1CC2(CCN(C(=O)c3ccccc3)CC2)C2(CCNC2=O)C1. The highest BCUT2D eigenvalue weighted by atomic mass is 16.2. The van der Waals surface area contributed by atoms with Gasteiger partial charge in [0, 0.05) is 50.2 Å². The standard InChI is InChI=1S/C22H31N3O2/c1-17(2)14-24-15-21(22(16-24)8-11-23-20(22)27)9-12-25(13-10-21)19(26)18-6-4-3-5-7-18/h3-7,17H,8-16H2,1-2H3,(H,23,27). The molecule has 2 spiro atoms. The maximum absolute atomic E-state index is 12.9. The number of hydrogen-bond acceptors (Lipinski definition) is 3. The lowest BCUT2D eigenvalue weighted by Crippen LogP contribution is -2.53. The molecule has 3 saturated heterocycles. The Hall–Kier alpha value is -1.88. The first kappa shape index (κ1) is 18.5. The smallest absolute Gasteiger partial charge is 0.253 e. The minimum atomic E-state index is -0.260. The molecule has 1 aromatic rings. The molecule has 3 fully saturated rings. The molecule has 0 aromatic heterocycles. The van der Waals surface area contributed by atoms with E-state index in [0.29, 0.717) is 5.92 Å². The number of amides is 2. The second-order valence-corrected chi connectivity index (χ2v) is 9.09. The van der Waals surface area contributed by atoms with Gasteiger partial charge in [0.2, 0.25) is 5.91 Å². The van der Waals surface area contributed by atoms with Crippen molar-refractivity contribution in [3.8, 4) is 0 Å². The third kappa shape index (κ3) is 3.06. The molecule has 0 aliphatic carbocycles. The first-order chi connectivity index (χ1) is 13.0. The van der Waals surface area contributed by atoms with Crippen molar-refractivity contribution in [2.24, 2.45) is 16.7 Å². The van der Waals surface area contributed by atoms with Crippen molar-refractivity contribution >= 4 is 11.8 Å². The summed E-state index contributed by atoms with van der Waals surface area (Å²) in [6.07, 6.45) is 2.79. The van der Waals surface area contributed by atoms with Crippen LogP contribution in [0.3, 0.4) is 0 Å². The second-order valence-electron chi connectivity index (χ2n) is 9.09. The van der Waals surface area contributed by atoms with Crippen LogP contribution in [0.25, 0.3) is 0 Å². The molecule has 3 heterocycles. The minimum absolute atomic E-state index is 0.00986. The summed E-state index contributed by atoms with van der Waals surface area (Å²) < 4.78 is 0. The molecule has 4 rings (SSSR count). The fourth-order valence-corrected chi connectivity index (χ4v) is 5.70. The summed E-state index contributed by atoms with van der Waals surface area (Å²) in [5.74, 6) is 0.963. The van der Waals surface area contributed by atoms with Crippen LogP contribution in [0.15, 0.2) is 30.3 Å². The van der Waals surface area contributed by atoms with E-state index in [4.69, 9.17) is 0 Å². The summed E-state index contributed by atoms with van der Waals surface area (Å²) >= 11 is 0. The summed E-state index contributed by atoms with van der Waals surface area (Å²) in [4.78, 5) is 30.2. The van der Waals surface area contributed by atoms with E-state index >= 15 is 0 Å². The van der Waals surface area contributed by atoms with Gasteiger partial charge in [-0.05, 0) is 37.3 Å². The van der Waals surface area contributed by atoms with E-state index in [2.05, 4.69) is 24.1 Å². The Kier molecular flexibility index (Phi) is 4.75. The second kappa shape index (κ2) is 6.93. The Balaban J connectivity index is 1.52. The number of benzene rings is 1. The Bertz CT molecular complexity index is 710. The number of carbonyl (C=O) groups excluding carboxylic acids is 2. The van der Waals surface area contributed by atoms with E-state index in [1.165, 1.54) is 0 Å². The van der Waals surface area contributed by atoms with Crippen molar-refractivity contribution in [2.75, 3.05) is 39.3 Å². The zero-order valence-corrected chi connectivity index (χ0v) is 16.5. The van der Waals surface area contributed by atoms with Crippen molar-refractivity contribution in [1.82, 2.24) is 15.1 Å². The fourth-order valence-electron chi connectivity index (χ4n) is 5.70. The number of nitrogens with zero attached hydrogens (tertiary/aromatic N) is 2. The molecule has 0 saturated carbocycles. The third-order valence-corrected chi connectivity index (χ3v) is 6.96. The summed E-state index contributed by atoms with van der Waals surface area (Å²) in [6, 6.07) is 9.54. The van der Waals surface area contributed by atoms with Gasteiger partial charge in [-0.15, -0.1) is 0 Å². The molecule has 1 aromatic carbocycles. The molecule has 0 bridgehead atoms. The molecule has 3 aliphatic heterocycles. The quantitative estimate of drug-likeness (QED) is 0.890. The van der Waals surface area contributed by atoms with Crippen LogP contribution in [0.4, 0.5) is 0 Å². The monoisotopic (exact) mass is 369 g/mol. The number of carbonyl (C=O) groups is 2. The molecule has 27 heavy (non-hydrogen) atoms. The number of nitrogens with one attached hydrogen (secondary N) is 1. The van der Waals surface area contributed by atoms with Crippen molar-refractivity contribution < 1.29 is 9.59 Å². The van der Waals surface area contributed by atoms with Crippen LogP contribution in [0.2, 0.25) is 0 Å². The van der Waals surface area contributed by atoms with Crippen LogP contribution in [0.5, 0.6) is 0 Å². The van der Waals surface area contributed by atoms with E-state index in [9.17, 15) is 9.59 Å². The van der Waals surface area contributed by atoms with E-state index in [1.54, 1.807) is 0 Å². The number of rotatable bonds is 3. The number of likely N-dealkylation sites (tertiary alicyclic amines) is 2. The maximum Gasteiger partial charge on any atom is 0.253 e. The summed E-state index contributed by atoms with van der Waals surface area (Å²) in [5, 5.41) is 3.11. The summed E-state index contributed by atoms with van der Waals surface area (Å²) in [5.41, 5.74) is 0.509. The number of hydrogen-bond donors (Lipinski definition) is 1. The van der Waals surface area contributed by atoms with E-state index < -0.39 is 0 Å². The van der Waals surface area contributed by atoms with Crippen LogP contribution in [-0.4, -0.2) is 60.9 Å². The van der Waals surface area contributed by atoms with Crippen molar-refractivity contribution in [2.45, 2.75) is 33.1 Å². The van der Waals surface area contributed by atoms with Gasteiger partial charge >= 0.3 is 0 Å². The minimum Gasteiger partial charge on any atom is -0.356 e. The largest absolute Gasteiger partial charge is 0.356 e. The first-order valence-corrected chi connectivity index (χ1v) is 10.3. The maximum atomic E-state index is 12.9. The first-order valence-electron chi connectivity index (χ1n) is 10.3. The van der Waals surface area contributed by atoms with Crippen molar-refractivity contribution in [3.63, 3.8) is 0 Å². The molecular weight excluding hydrogens is 338 g/mol. The topological polar surface area (TPSA) is 52.6 Å². The average molecular weight is 370 g/mol. The fraction of sp³-hybridized carbons (Fsp3) is 0.636. The molecule has 0 radical (unpaired) electrons. The van der Waals surface area contributed by atoms with Crippen LogP contribution < -0.4 is 5.32 Å². The van der Waals surface area contributed by atoms with Gasteiger partial charge in [0.05, 0.1) is 5.41 Å². The van der Waals surface area contributed by atoms with Crippen molar-refractivity contribution in [3.05, 3.63) is 35.9 Å². The molecule has 1 unspecified atom stereocenters. The van der Waals surface area contributed by atoms with E-state index in [1.807, 2.05) is 35.2 Å². The van der Waals surface area contributed by atoms with Gasteiger partial charge in [0.15, 0.2) is 0 Å². The van der Waals surface area contributed by atoms with Crippen LogP contribution in [0, 0.1) is 16.7 Å². The zero-order chi connectivity index (χ0) is 19.1. The van der Waals surface area contributed by atoms with E-state index in [0.717, 1.165) is 64.1 Å². The van der Waals surface area contributed by atoms with Gasteiger partial charge < -0.3 is 15.1 Å². The molecular formula is C22H31N3O2. The Labute approximate surface area is 162 Å². The van der Waals surface area contributed by atoms with Gasteiger partial charge in [-0.25, -0.2) is 0 Å². The van der Waals surface area contributed by atoms with Gasteiger partial charge in [0.1, 0.15) is 0 Å². The molecule has 1 atom stereocenters. The highest BCUT2D eigenvalue weighted by Crippen LogP contribution is 2.56. The Morgan fingerprint density at radius 1 is 1.11 bits per heavy atom. The molecule has 3 aliphatic rings. The van der Waals surface area contributed by atoms with Crippen LogP contribution >= 0.6 is 0 Å². The highest BCUT2D eigenvalue weighted by Gasteiger charge is 2.63. The van der Waals surface area contributed by atoms with Gasteiger partial charge in [-0.3, -0.25) is 9.59 Å². The Morgan fingerprint density at radius 3 is 2.41 bits per heavy atom. The lowest BCUT2D eigenvalue weighted by atomic mass is 9.60. The summed E-state index contributed by atoms with van der Waals surface area (Å²) in [7, 11) is 0. The van der Waals surface area contributed by atoms with Crippen LogP contribution in [0.1, 0.15) is 43.5 Å². The molecule has 146 valence electrons. The third-order valence-electron chi connectivity index (χ3n) is 6.96. The number of fused-ring (bicyclic) bond motifs is 1. The summed E-state index contributed by atoms with van der Waals surface area (Å²) in [6.45, 7) is 9.69. The molecule has 2 amide bonds. The normalized spacial score (nSPS) is 27.7. The molecule has 1 N–H and O–H groups in total.